The first-order valence-corrected chi connectivity index (χ1v) is 9.03. The molecule has 3 rings (SSSR count). The van der Waals surface area contributed by atoms with Gasteiger partial charge in [0, 0.05) is 19.3 Å². The number of ether oxygens (including phenoxy) is 2. The van der Waals surface area contributed by atoms with Crippen molar-refractivity contribution >= 4 is 6.09 Å². The van der Waals surface area contributed by atoms with Crippen LogP contribution in [-0.4, -0.2) is 52.5 Å². The summed E-state index contributed by atoms with van der Waals surface area (Å²) in [7, 11) is 0. The van der Waals surface area contributed by atoms with Gasteiger partial charge in [-0.15, -0.1) is 0 Å². The van der Waals surface area contributed by atoms with Crippen molar-refractivity contribution in [3.05, 3.63) is 24.0 Å². The summed E-state index contributed by atoms with van der Waals surface area (Å²) in [6.07, 6.45) is 6.24. The molecule has 6 nitrogen and oxygen atoms in total. The lowest BCUT2D eigenvalue weighted by atomic mass is 10.1. The van der Waals surface area contributed by atoms with Gasteiger partial charge in [-0.2, -0.15) is 0 Å². The highest BCUT2D eigenvalue weighted by molar-refractivity contribution is 5.69. The van der Waals surface area contributed by atoms with Crippen LogP contribution in [0.2, 0.25) is 0 Å². The van der Waals surface area contributed by atoms with Crippen LogP contribution in [0.15, 0.2) is 18.5 Å². The Morgan fingerprint density at radius 2 is 2.16 bits per heavy atom. The van der Waals surface area contributed by atoms with Gasteiger partial charge in [-0.3, -0.25) is 4.98 Å². The quantitative estimate of drug-likeness (QED) is 0.856. The Bertz CT molecular complexity index is 614. The normalized spacial score (nSPS) is 25.3. The van der Waals surface area contributed by atoms with Gasteiger partial charge in [0.2, 0.25) is 0 Å². The van der Waals surface area contributed by atoms with Gasteiger partial charge in [-0.25, -0.2) is 4.79 Å². The number of aromatic nitrogens is 1. The van der Waals surface area contributed by atoms with E-state index < -0.39 is 5.60 Å². The molecule has 2 aliphatic rings. The molecule has 138 valence electrons. The van der Waals surface area contributed by atoms with Crippen LogP contribution in [0, 0.1) is 11.8 Å². The zero-order chi connectivity index (χ0) is 18.0. The van der Waals surface area contributed by atoms with Crippen molar-refractivity contribution in [3.63, 3.8) is 0 Å². The molecule has 2 heterocycles. The summed E-state index contributed by atoms with van der Waals surface area (Å²) in [5, 5.41) is 9.15. The minimum atomic E-state index is -0.481. The van der Waals surface area contributed by atoms with Gasteiger partial charge in [-0.05, 0) is 63.5 Å². The van der Waals surface area contributed by atoms with E-state index in [1.165, 1.54) is 0 Å². The molecule has 2 fully saturated rings. The summed E-state index contributed by atoms with van der Waals surface area (Å²) in [5.41, 5.74) is 0.655. The zero-order valence-corrected chi connectivity index (χ0v) is 15.3. The van der Waals surface area contributed by atoms with Gasteiger partial charge in [0.1, 0.15) is 18.0 Å². The molecular weight excluding hydrogens is 320 g/mol. The number of carbonyl (C=O) groups is 1. The second kappa shape index (κ2) is 7.20. The van der Waals surface area contributed by atoms with Crippen molar-refractivity contribution in [2.75, 3.05) is 19.8 Å². The Hall–Kier alpha value is -1.82. The van der Waals surface area contributed by atoms with Gasteiger partial charge in [-0.1, -0.05) is 0 Å². The molecule has 6 heteroatoms. The van der Waals surface area contributed by atoms with Crippen LogP contribution in [0.3, 0.4) is 0 Å². The Kier molecular flexibility index (Phi) is 5.18. The summed E-state index contributed by atoms with van der Waals surface area (Å²) in [6, 6.07) is 2.07. The Morgan fingerprint density at radius 3 is 2.76 bits per heavy atom. The van der Waals surface area contributed by atoms with Crippen molar-refractivity contribution in [2.24, 2.45) is 11.8 Å². The van der Waals surface area contributed by atoms with Crippen LogP contribution >= 0.6 is 0 Å². The van der Waals surface area contributed by atoms with E-state index in [1.54, 1.807) is 11.1 Å². The molecular formula is C19H28N2O4. The topological polar surface area (TPSA) is 71.9 Å². The summed E-state index contributed by atoms with van der Waals surface area (Å²) in [5.74, 6) is 1.74. The van der Waals surface area contributed by atoms with Crippen LogP contribution in [0.5, 0.6) is 5.75 Å². The number of hydrogen-bond acceptors (Lipinski definition) is 5. The monoisotopic (exact) mass is 348 g/mol. The van der Waals surface area contributed by atoms with E-state index in [0.717, 1.165) is 30.6 Å². The molecule has 0 spiro atoms. The molecule has 3 atom stereocenters. The fraction of sp³-hybridized carbons (Fsp3) is 0.684. The molecule has 25 heavy (non-hydrogen) atoms. The first kappa shape index (κ1) is 18.0. The number of aliphatic hydroxyl groups is 1. The summed E-state index contributed by atoms with van der Waals surface area (Å²) in [6.45, 7) is 7.05. The molecule has 0 aromatic carbocycles. The standard InChI is InChI=1S/C19H28N2O4/c1-19(2,3)25-18(23)21-5-4-16(21)12-24-17-7-13(9-20-10-17)6-14-8-15(14)11-22/h7,9-10,14-16,22H,4-6,8,11-12H2,1-3H3/t14-,15-,16-/m0/s1. The molecule has 1 saturated carbocycles. The van der Waals surface area contributed by atoms with Crippen LogP contribution in [-0.2, 0) is 11.2 Å². The first-order valence-electron chi connectivity index (χ1n) is 9.03. The number of aliphatic hydroxyl groups excluding tert-OH is 1. The predicted octanol–water partition coefficient (Wildman–Crippen LogP) is 2.64. The smallest absolute Gasteiger partial charge is 0.410 e. The van der Waals surface area contributed by atoms with Gasteiger partial charge in [0.15, 0.2) is 0 Å². The summed E-state index contributed by atoms with van der Waals surface area (Å²) >= 11 is 0. The number of pyridine rings is 1. The maximum atomic E-state index is 12.1. The van der Waals surface area contributed by atoms with E-state index in [1.807, 2.05) is 33.0 Å². The molecule has 1 aromatic rings. The lowest BCUT2D eigenvalue weighted by molar-refractivity contribution is -0.0141. The minimum absolute atomic E-state index is 0.0562. The van der Waals surface area contributed by atoms with Crippen molar-refractivity contribution in [1.29, 1.82) is 0 Å². The third kappa shape index (κ3) is 4.84. The number of amides is 1. The van der Waals surface area contributed by atoms with Crippen molar-refractivity contribution in [3.8, 4) is 5.75 Å². The molecule has 0 bridgehead atoms. The van der Waals surface area contributed by atoms with E-state index >= 15 is 0 Å². The lowest BCUT2D eigenvalue weighted by Gasteiger charge is -2.40. The van der Waals surface area contributed by atoms with Gasteiger partial charge < -0.3 is 19.5 Å². The highest BCUT2D eigenvalue weighted by Crippen LogP contribution is 2.40. The van der Waals surface area contributed by atoms with Gasteiger partial charge in [0.05, 0.1) is 12.2 Å². The average Bonchev–Trinajstić information content (AvgIpc) is 3.23. The Morgan fingerprint density at radius 1 is 1.36 bits per heavy atom. The Labute approximate surface area is 149 Å². The number of nitrogens with zero attached hydrogens (tertiary/aromatic N) is 2. The van der Waals surface area contributed by atoms with Crippen LogP contribution in [0.1, 0.15) is 39.2 Å². The molecule has 1 aliphatic heterocycles. The third-order valence-corrected chi connectivity index (χ3v) is 4.79. The molecule has 1 aromatic heterocycles. The largest absolute Gasteiger partial charge is 0.490 e. The average molecular weight is 348 g/mol. The number of likely N-dealkylation sites (tertiary alicyclic amines) is 1. The number of carbonyl (C=O) groups excluding carboxylic acids is 1. The van der Waals surface area contributed by atoms with Gasteiger partial charge >= 0.3 is 6.09 Å². The maximum absolute atomic E-state index is 12.1. The molecule has 1 N–H and O–H groups in total. The molecule has 1 aliphatic carbocycles. The Balaban J connectivity index is 1.48. The first-order chi connectivity index (χ1) is 11.9. The van der Waals surface area contributed by atoms with E-state index in [0.29, 0.717) is 25.0 Å². The number of hydrogen-bond donors (Lipinski definition) is 1. The van der Waals surface area contributed by atoms with Gasteiger partial charge in [0.25, 0.3) is 0 Å². The molecule has 1 saturated heterocycles. The van der Waals surface area contributed by atoms with Crippen LogP contribution in [0.4, 0.5) is 4.79 Å². The van der Waals surface area contributed by atoms with Crippen LogP contribution < -0.4 is 4.74 Å². The summed E-state index contributed by atoms with van der Waals surface area (Å²) < 4.78 is 11.3. The highest BCUT2D eigenvalue weighted by Gasteiger charge is 2.37. The van der Waals surface area contributed by atoms with Crippen molar-refractivity contribution in [1.82, 2.24) is 9.88 Å². The second-order valence-electron chi connectivity index (χ2n) is 8.10. The van der Waals surface area contributed by atoms with Crippen LogP contribution in [0.25, 0.3) is 0 Å². The van der Waals surface area contributed by atoms with E-state index in [9.17, 15) is 4.79 Å². The van der Waals surface area contributed by atoms with E-state index in [-0.39, 0.29) is 18.7 Å². The van der Waals surface area contributed by atoms with Crippen molar-refractivity contribution < 1.29 is 19.4 Å². The maximum Gasteiger partial charge on any atom is 0.410 e. The summed E-state index contributed by atoms with van der Waals surface area (Å²) in [4.78, 5) is 18.1. The zero-order valence-electron chi connectivity index (χ0n) is 15.3. The lowest BCUT2D eigenvalue weighted by Crippen LogP contribution is -2.55. The minimum Gasteiger partial charge on any atom is -0.490 e. The fourth-order valence-electron chi connectivity index (χ4n) is 3.11. The number of rotatable bonds is 6. The highest BCUT2D eigenvalue weighted by atomic mass is 16.6. The predicted molar refractivity (Wildman–Crippen MR) is 93.5 cm³/mol. The molecule has 0 unspecified atom stereocenters. The SMILES string of the molecule is CC(C)(C)OC(=O)N1CC[C@H]1COc1cncc(C[C@H]2C[C@H]2CO)c1. The van der Waals surface area contributed by atoms with Crippen molar-refractivity contribution in [2.45, 2.75) is 51.7 Å². The molecule has 1 amide bonds. The van der Waals surface area contributed by atoms with E-state index in [2.05, 4.69) is 4.98 Å². The second-order valence-corrected chi connectivity index (χ2v) is 8.10. The third-order valence-electron chi connectivity index (χ3n) is 4.79. The fourth-order valence-corrected chi connectivity index (χ4v) is 3.11. The van der Waals surface area contributed by atoms with E-state index in [4.69, 9.17) is 14.6 Å². The molecule has 0 radical (unpaired) electrons.